The van der Waals surface area contributed by atoms with Crippen LogP contribution in [-0.2, 0) is 23.5 Å². The van der Waals surface area contributed by atoms with E-state index < -0.39 is 0 Å². The molecule has 0 bridgehead atoms. The van der Waals surface area contributed by atoms with Crippen molar-refractivity contribution in [2.24, 2.45) is 0 Å². The third-order valence-corrected chi connectivity index (χ3v) is 7.10. The van der Waals surface area contributed by atoms with Crippen molar-refractivity contribution in [1.29, 1.82) is 0 Å². The van der Waals surface area contributed by atoms with Crippen molar-refractivity contribution in [3.05, 3.63) is 45.6 Å². The van der Waals surface area contributed by atoms with Gasteiger partial charge in [-0.05, 0) is 43.2 Å². The number of hydrogen-bond acceptors (Lipinski definition) is 7. The Labute approximate surface area is 182 Å². The first kappa shape index (κ1) is 20.4. The number of halogens is 1. The Bertz CT molecular complexity index is 1140. The van der Waals surface area contributed by atoms with Gasteiger partial charge in [0.2, 0.25) is 5.89 Å². The van der Waals surface area contributed by atoms with Gasteiger partial charge < -0.3 is 13.7 Å². The molecule has 0 amide bonds. The topological polar surface area (TPSA) is 66.0 Å². The van der Waals surface area contributed by atoms with E-state index in [0.717, 1.165) is 27.5 Å². The minimum atomic E-state index is 0.544. The predicted molar refractivity (Wildman–Crippen MR) is 118 cm³/mol. The van der Waals surface area contributed by atoms with E-state index in [2.05, 4.69) is 34.7 Å². The maximum Gasteiger partial charge on any atom is 0.257 e. The van der Waals surface area contributed by atoms with Crippen LogP contribution in [-0.4, -0.2) is 33.5 Å². The molecule has 0 saturated heterocycles. The van der Waals surface area contributed by atoms with E-state index in [4.69, 9.17) is 25.7 Å². The Morgan fingerprint density at radius 2 is 2.14 bits per heavy atom. The summed E-state index contributed by atoms with van der Waals surface area (Å²) < 4.78 is 13.3. The average molecular weight is 449 g/mol. The molecule has 0 atom stereocenters. The van der Waals surface area contributed by atoms with Gasteiger partial charge in [-0.2, -0.15) is 0 Å². The van der Waals surface area contributed by atoms with Crippen molar-refractivity contribution in [2.45, 2.75) is 37.7 Å². The Morgan fingerprint density at radius 1 is 1.28 bits per heavy atom. The lowest BCUT2D eigenvalue weighted by molar-refractivity contribution is 0.186. The number of benzene rings is 1. The third-order valence-electron chi connectivity index (χ3n) is 4.54. The lowest BCUT2D eigenvalue weighted by atomic mass is 10.2. The number of thiophene rings is 1. The summed E-state index contributed by atoms with van der Waals surface area (Å²) in [6.07, 6.45) is 1.01. The molecule has 1 aromatic carbocycles. The highest BCUT2D eigenvalue weighted by molar-refractivity contribution is 7.98. The number of methoxy groups -OCH3 is 1. The Balaban J connectivity index is 1.54. The molecule has 0 aliphatic rings. The number of ether oxygens (including phenoxy) is 1. The van der Waals surface area contributed by atoms with E-state index in [1.807, 2.05) is 18.2 Å². The summed E-state index contributed by atoms with van der Waals surface area (Å²) in [4.78, 5) is 7.10. The normalized spacial score (nSPS) is 11.6. The van der Waals surface area contributed by atoms with Crippen LogP contribution in [0, 0.1) is 6.92 Å². The van der Waals surface area contributed by atoms with Gasteiger partial charge in [0, 0.05) is 23.6 Å². The van der Waals surface area contributed by atoms with Crippen LogP contribution < -0.4 is 0 Å². The minimum Gasteiger partial charge on any atom is -0.419 e. The van der Waals surface area contributed by atoms with Crippen LogP contribution in [0.4, 0.5) is 0 Å². The molecule has 0 N–H and O–H groups in total. The van der Waals surface area contributed by atoms with Crippen molar-refractivity contribution in [3.8, 4) is 10.8 Å². The van der Waals surface area contributed by atoms with E-state index in [1.165, 1.54) is 10.4 Å². The molecule has 0 radical (unpaired) electrons. The average Bonchev–Trinajstić information content (AvgIpc) is 3.41. The first-order valence-corrected chi connectivity index (χ1v) is 11.5. The van der Waals surface area contributed by atoms with Crippen LogP contribution in [0.25, 0.3) is 21.8 Å². The molecule has 9 heteroatoms. The highest BCUT2D eigenvalue weighted by Gasteiger charge is 2.16. The van der Waals surface area contributed by atoms with Crippen LogP contribution in [0.15, 0.2) is 33.8 Å². The quantitative estimate of drug-likeness (QED) is 0.326. The monoisotopic (exact) mass is 448 g/mol. The highest BCUT2D eigenvalue weighted by Crippen LogP contribution is 2.32. The minimum absolute atomic E-state index is 0.544. The van der Waals surface area contributed by atoms with E-state index >= 15 is 0 Å². The molecule has 4 aromatic rings. The molecular weight excluding hydrogens is 428 g/mol. The molecule has 3 aromatic heterocycles. The fourth-order valence-corrected chi connectivity index (χ4v) is 5.18. The molecule has 3 heterocycles. The Kier molecular flexibility index (Phi) is 6.24. The van der Waals surface area contributed by atoms with Gasteiger partial charge >= 0.3 is 0 Å². The molecular formula is C20H21ClN4O2S2. The van der Waals surface area contributed by atoms with Crippen LogP contribution in [0.1, 0.15) is 23.3 Å². The van der Waals surface area contributed by atoms with E-state index in [9.17, 15) is 0 Å². The summed E-state index contributed by atoms with van der Waals surface area (Å²) in [7, 11) is 1.69. The predicted octanol–water partition coefficient (Wildman–Crippen LogP) is 5.61. The largest absolute Gasteiger partial charge is 0.419 e. The van der Waals surface area contributed by atoms with Gasteiger partial charge in [-0.3, -0.25) is 0 Å². The fraction of sp³-hybridized carbons (Fsp3) is 0.350. The number of fused-ring (bicyclic) bond motifs is 1. The fourth-order valence-electron chi connectivity index (χ4n) is 3.10. The number of rotatable bonds is 8. The number of aryl methyl sites for hydroxylation is 2. The van der Waals surface area contributed by atoms with Gasteiger partial charge in [0.25, 0.3) is 5.89 Å². The van der Waals surface area contributed by atoms with Gasteiger partial charge in [-0.1, -0.05) is 30.3 Å². The van der Waals surface area contributed by atoms with Crippen molar-refractivity contribution in [2.75, 3.05) is 13.7 Å². The second-order valence-electron chi connectivity index (χ2n) is 6.53. The standard InChI is InChI=1S/C20H21ClN4O2S2/c1-4-16-12(2)9-17(29-16)19-24-23-18(27-19)11-28-20-22-14-10-13(21)5-6-15(14)25(20)7-8-26-3/h5-6,9-10H,4,7-8,11H2,1-3H3. The van der Waals surface area contributed by atoms with Crippen LogP contribution in [0.5, 0.6) is 0 Å². The molecule has 0 spiro atoms. The van der Waals surface area contributed by atoms with E-state index in [1.54, 1.807) is 30.2 Å². The van der Waals surface area contributed by atoms with Gasteiger partial charge in [-0.15, -0.1) is 21.5 Å². The Morgan fingerprint density at radius 3 is 2.90 bits per heavy atom. The second kappa shape index (κ2) is 8.87. The van der Waals surface area contributed by atoms with Gasteiger partial charge in [0.05, 0.1) is 28.3 Å². The number of nitrogens with zero attached hydrogens (tertiary/aromatic N) is 4. The summed E-state index contributed by atoms with van der Waals surface area (Å²) >= 11 is 9.40. The lowest BCUT2D eigenvalue weighted by Gasteiger charge is -2.07. The summed E-state index contributed by atoms with van der Waals surface area (Å²) in [5, 5.41) is 9.99. The first-order valence-electron chi connectivity index (χ1n) is 9.28. The Hall–Kier alpha value is -1.87. The molecule has 152 valence electrons. The van der Waals surface area contributed by atoms with Crippen LogP contribution in [0.3, 0.4) is 0 Å². The summed E-state index contributed by atoms with van der Waals surface area (Å²) in [6, 6.07) is 7.85. The molecule has 0 fully saturated rings. The number of aromatic nitrogens is 4. The molecule has 6 nitrogen and oxygen atoms in total. The van der Waals surface area contributed by atoms with E-state index in [0.29, 0.717) is 35.7 Å². The van der Waals surface area contributed by atoms with Crippen molar-refractivity contribution < 1.29 is 9.15 Å². The first-order chi connectivity index (χ1) is 14.1. The molecule has 0 saturated carbocycles. The zero-order chi connectivity index (χ0) is 20.4. The van der Waals surface area contributed by atoms with Crippen LogP contribution in [0.2, 0.25) is 5.02 Å². The van der Waals surface area contributed by atoms with Gasteiger partial charge in [0.1, 0.15) is 0 Å². The lowest BCUT2D eigenvalue weighted by Crippen LogP contribution is -2.05. The SMILES string of the molecule is CCc1sc(-c2nnc(CSc3nc4cc(Cl)ccc4n3CCOC)o2)cc1C. The summed E-state index contributed by atoms with van der Waals surface area (Å²) in [6.45, 7) is 5.58. The zero-order valence-electron chi connectivity index (χ0n) is 16.4. The van der Waals surface area contributed by atoms with Crippen molar-refractivity contribution in [1.82, 2.24) is 19.7 Å². The molecule has 29 heavy (non-hydrogen) atoms. The summed E-state index contributed by atoms with van der Waals surface area (Å²) in [5.74, 6) is 1.70. The van der Waals surface area contributed by atoms with Crippen LogP contribution >= 0.6 is 34.7 Å². The second-order valence-corrected chi connectivity index (χ2v) is 9.05. The maximum atomic E-state index is 6.13. The van der Waals surface area contributed by atoms with Crippen molar-refractivity contribution >= 4 is 45.7 Å². The molecule has 0 unspecified atom stereocenters. The molecule has 0 aliphatic carbocycles. The van der Waals surface area contributed by atoms with E-state index in [-0.39, 0.29) is 0 Å². The molecule has 4 rings (SSSR count). The number of thioether (sulfide) groups is 1. The number of hydrogen-bond donors (Lipinski definition) is 0. The molecule has 0 aliphatic heterocycles. The smallest absolute Gasteiger partial charge is 0.257 e. The third kappa shape index (κ3) is 4.35. The maximum absolute atomic E-state index is 6.13. The van der Waals surface area contributed by atoms with Gasteiger partial charge in [0.15, 0.2) is 5.16 Å². The highest BCUT2D eigenvalue weighted by atomic mass is 35.5. The van der Waals surface area contributed by atoms with Gasteiger partial charge in [-0.25, -0.2) is 4.98 Å². The summed E-state index contributed by atoms with van der Waals surface area (Å²) in [5.41, 5.74) is 3.16. The number of imidazole rings is 1. The zero-order valence-corrected chi connectivity index (χ0v) is 18.8. The van der Waals surface area contributed by atoms with Crippen molar-refractivity contribution in [3.63, 3.8) is 0 Å².